The molecule has 0 aliphatic rings. The lowest BCUT2D eigenvalue weighted by molar-refractivity contribution is -0.118. The summed E-state index contributed by atoms with van der Waals surface area (Å²) >= 11 is 0. The van der Waals surface area contributed by atoms with Crippen LogP contribution in [0.2, 0.25) is 0 Å². The second-order valence-electron chi connectivity index (χ2n) is 4.39. The summed E-state index contributed by atoms with van der Waals surface area (Å²) in [5.41, 5.74) is 6.37. The molecule has 6 heteroatoms. The molecule has 0 atom stereocenters. The first-order chi connectivity index (χ1) is 10.6. The third kappa shape index (κ3) is 3.84. The van der Waals surface area contributed by atoms with E-state index in [2.05, 4.69) is 5.32 Å². The van der Waals surface area contributed by atoms with Crippen molar-refractivity contribution in [3.63, 3.8) is 0 Å². The van der Waals surface area contributed by atoms with E-state index in [0.717, 1.165) is 0 Å². The molecule has 0 aliphatic carbocycles. The lowest BCUT2D eigenvalue weighted by Gasteiger charge is -2.08. The normalized spacial score (nSPS) is 9.59. The van der Waals surface area contributed by atoms with Crippen molar-refractivity contribution in [1.29, 1.82) is 5.26 Å². The van der Waals surface area contributed by atoms with Gasteiger partial charge in [0.25, 0.3) is 5.91 Å². The Morgan fingerprint density at radius 2 is 1.82 bits per heavy atom. The highest BCUT2D eigenvalue weighted by Crippen LogP contribution is 2.16. The van der Waals surface area contributed by atoms with E-state index in [1.807, 2.05) is 6.07 Å². The number of benzene rings is 2. The van der Waals surface area contributed by atoms with Gasteiger partial charge in [-0.3, -0.25) is 9.59 Å². The Morgan fingerprint density at radius 3 is 2.45 bits per heavy atom. The van der Waals surface area contributed by atoms with Gasteiger partial charge in [0.05, 0.1) is 5.56 Å². The Labute approximate surface area is 127 Å². The monoisotopic (exact) mass is 295 g/mol. The summed E-state index contributed by atoms with van der Waals surface area (Å²) in [5, 5.41) is 11.5. The van der Waals surface area contributed by atoms with Gasteiger partial charge < -0.3 is 15.8 Å². The minimum Gasteiger partial charge on any atom is -0.482 e. The number of carbonyl (C=O) groups is 2. The molecule has 2 aromatic carbocycles. The molecule has 3 N–H and O–H groups in total. The van der Waals surface area contributed by atoms with Crippen LogP contribution >= 0.6 is 0 Å². The van der Waals surface area contributed by atoms with E-state index in [9.17, 15) is 9.59 Å². The first-order valence-electron chi connectivity index (χ1n) is 6.42. The van der Waals surface area contributed by atoms with Crippen molar-refractivity contribution in [3.8, 4) is 11.8 Å². The quantitative estimate of drug-likeness (QED) is 0.875. The number of para-hydroxylation sites is 1. The minimum absolute atomic E-state index is 0.226. The fraction of sp³-hybridized carbons (Fsp3) is 0.0625. The molecule has 22 heavy (non-hydrogen) atoms. The lowest BCUT2D eigenvalue weighted by Crippen LogP contribution is -2.20. The molecule has 0 aromatic heterocycles. The van der Waals surface area contributed by atoms with Crippen LogP contribution in [-0.4, -0.2) is 18.4 Å². The Hall–Kier alpha value is -3.33. The van der Waals surface area contributed by atoms with E-state index in [1.54, 1.807) is 36.4 Å². The molecule has 0 heterocycles. The fourth-order valence-corrected chi connectivity index (χ4v) is 1.74. The van der Waals surface area contributed by atoms with E-state index in [4.69, 9.17) is 15.7 Å². The highest BCUT2D eigenvalue weighted by atomic mass is 16.5. The zero-order valence-corrected chi connectivity index (χ0v) is 11.6. The Kier molecular flexibility index (Phi) is 4.73. The number of ether oxygens (including phenoxy) is 1. The number of nitrogens with two attached hydrogens (primary N) is 1. The summed E-state index contributed by atoms with van der Waals surface area (Å²) in [6.45, 7) is -0.226. The summed E-state index contributed by atoms with van der Waals surface area (Å²) in [6, 6.07) is 14.8. The number of primary amides is 1. The van der Waals surface area contributed by atoms with Crippen LogP contribution < -0.4 is 15.8 Å². The van der Waals surface area contributed by atoms with Crippen LogP contribution in [0.4, 0.5) is 5.69 Å². The van der Waals surface area contributed by atoms with Crippen molar-refractivity contribution in [2.45, 2.75) is 0 Å². The Balaban J connectivity index is 1.93. The molecule has 6 nitrogen and oxygen atoms in total. The Morgan fingerprint density at radius 1 is 1.14 bits per heavy atom. The average molecular weight is 295 g/mol. The third-order valence-corrected chi connectivity index (χ3v) is 2.82. The summed E-state index contributed by atoms with van der Waals surface area (Å²) in [6.07, 6.45) is 0. The van der Waals surface area contributed by atoms with E-state index < -0.39 is 5.91 Å². The molecule has 0 aliphatic heterocycles. The Bertz CT molecular complexity index is 733. The minimum atomic E-state index is -0.533. The van der Waals surface area contributed by atoms with Crippen molar-refractivity contribution in [2.24, 2.45) is 5.73 Å². The molecule has 2 rings (SSSR count). The van der Waals surface area contributed by atoms with E-state index in [0.29, 0.717) is 22.6 Å². The van der Waals surface area contributed by atoms with Crippen LogP contribution in [0.1, 0.15) is 15.9 Å². The molecule has 0 fully saturated rings. The number of rotatable bonds is 5. The van der Waals surface area contributed by atoms with Gasteiger partial charge in [0.15, 0.2) is 6.61 Å². The van der Waals surface area contributed by atoms with Crippen molar-refractivity contribution >= 4 is 17.5 Å². The van der Waals surface area contributed by atoms with Crippen molar-refractivity contribution in [3.05, 3.63) is 59.7 Å². The topological polar surface area (TPSA) is 105 Å². The molecular formula is C16H13N3O3. The molecular weight excluding hydrogens is 282 g/mol. The van der Waals surface area contributed by atoms with Crippen LogP contribution in [0, 0.1) is 11.3 Å². The zero-order chi connectivity index (χ0) is 15.9. The predicted molar refractivity (Wildman–Crippen MR) is 80.2 cm³/mol. The number of nitrogens with one attached hydrogen (secondary N) is 1. The SMILES string of the molecule is N#Cc1ccccc1OCC(=O)Nc1ccc(C(N)=O)cc1. The second kappa shape index (κ2) is 6.90. The van der Waals surface area contributed by atoms with Gasteiger partial charge in [0, 0.05) is 11.3 Å². The highest BCUT2D eigenvalue weighted by molar-refractivity contribution is 5.95. The predicted octanol–water partition coefficient (Wildman–Crippen LogP) is 1.67. The summed E-state index contributed by atoms with van der Waals surface area (Å²) < 4.78 is 5.32. The van der Waals surface area contributed by atoms with Gasteiger partial charge in [-0.1, -0.05) is 12.1 Å². The van der Waals surface area contributed by atoms with Gasteiger partial charge in [-0.25, -0.2) is 0 Å². The van der Waals surface area contributed by atoms with Crippen LogP contribution in [0.5, 0.6) is 5.75 Å². The molecule has 2 aromatic rings. The number of hydrogen-bond donors (Lipinski definition) is 2. The van der Waals surface area contributed by atoms with Gasteiger partial charge >= 0.3 is 0 Å². The first kappa shape index (κ1) is 15.1. The number of nitriles is 1. The van der Waals surface area contributed by atoms with Gasteiger partial charge in [-0.05, 0) is 36.4 Å². The lowest BCUT2D eigenvalue weighted by atomic mass is 10.2. The van der Waals surface area contributed by atoms with Crippen molar-refractivity contribution in [1.82, 2.24) is 0 Å². The summed E-state index contributed by atoms with van der Waals surface area (Å²) in [5.74, 6) is -0.557. The molecule has 0 spiro atoms. The molecule has 0 bridgehead atoms. The molecule has 0 radical (unpaired) electrons. The number of amides is 2. The van der Waals surface area contributed by atoms with Crippen molar-refractivity contribution in [2.75, 3.05) is 11.9 Å². The highest BCUT2D eigenvalue weighted by Gasteiger charge is 2.07. The van der Waals surface area contributed by atoms with Gasteiger partial charge in [-0.15, -0.1) is 0 Å². The van der Waals surface area contributed by atoms with Gasteiger partial charge in [-0.2, -0.15) is 5.26 Å². The van der Waals surface area contributed by atoms with Crippen LogP contribution in [0.3, 0.4) is 0 Å². The molecule has 0 saturated carbocycles. The van der Waals surface area contributed by atoms with Gasteiger partial charge in [0.1, 0.15) is 11.8 Å². The average Bonchev–Trinajstić information content (AvgIpc) is 2.53. The maximum absolute atomic E-state index is 11.8. The standard InChI is InChI=1S/C16H13N3O3/c17-9-12-3-1-2-4-14(12)22-10-15(20)19-13-7-5-11(6-8-13)16(18)21/h1-8H,10H2,(H2,18,21)(H,19,20). The van der Waals surface area contributed by atoms with Crippen LogP contribution in [-0.2, 0) is 4.79 Å². The van der Waals surface area contributed by atoms with E-state index in [1.165, 1.54) is 12.1 Å². The number of nitrogens with zero attached hydrogens (tertiary/aromatic N) is 1. The maximum atomic E-state index is 11.8. The maximum Gasteiger partial charge on any atom is 0.262 e. The number of carbonyl (C=O) groups excluding carboxylic acids is 2. The van der Waals surface area contributed by atoms with E-state index in [-0.39, 0.29) is 12.5 Å². The molecule has 110 valence electrons. The molecule has 0 unspecified atom stereocenters. The smallest absolute Gasteiger partial charge is 0.262 e. The fourth-order valence-electron chi connectivity index (χ4n) is 1.74. The molecule has 0 saturated heterocycles. The molecule has 2 amide bonds. The first-order valence-corrected chi connectivity index (χ1v) is 6.42. The van der Waals surface area contributed by atoms with Crippen molar-refractivity contribution < 1.29 is 14.3 Å². The van der Waals surface area contributed by atoms with Gasteiger partial charge in [0.2, 0.25) is 5.91 Å². The summed E-state index contributed by atoms with van der Waals surface area (Å²) in [7, 11) is 0. The zero-order valence-electron chi connectivity index (χ0n) is 11.6. The van der Waals surface area contributed by atoms with Crippen LogP contribution in [0.25, 0.3) is 0 Å². The number of hydrogen-bond acceptors (Lipinski definition) is 4. The second-order valence-corrected chi connectivity index (χ2v) is 4.39. The summed E-state index contributed by atoms with van der Waals surface area (Å²) in [4.78, 5) is 22.7. The largest absolute Gasteiger partial charge is 0.482 e. The van der Waals surface area contributed by atoms with E-state index >= 15 is 0 Å². The number of anilines is 1. The van der Waals surface area contributed by atoms with Crippen LogP contribution in [0.15, 0.2) is 48.5 Å². The third-order valence-electron chi connectivity index (χ3n) is 2.82.